The first-order valence-electron chi connectivity index (χ1n) is 7.77. The van der Waals surface area contributed by atoms with Crippen molar-refractivity contribution in [3.63, 3.8) is 0 Å². The lowest BCUT2D eigenvalue weighted by molar-refractivity contribution is -0.138. The number of hydrogen-bond acceptors (Lipinski definition) is 2. The van der Waals surface area contributed by atoms with Crippen molar-refractivity contribution < 1.29 is 19.1 Å². The van der Waals surface area contributed by atoms with Crippen LogP contribution in [0.2, 0.25) is 0 Å². The molecule has 0 aromatic heterocycles. The number of aliphatic carboxylic acids is 1. The summed E-state index contributed by atoms with van der Waals surface area (Å²) in [5.41, 5.74) is 1.52. The Morgan fingerprint density at radius 2 is 1.67 bits per heavy atom. The van der Waals surface area contributed by atoms with Gasteiger partial charge in [0.15, 0.2) is 0 Å². The molecule has 0 aliphatic heterocycles. The highest BCUT2D eigenvalue weighted by atomic mass is 19.1. The lowest BCUT2D eigenvalue weighted by Crippen LogP contribution is -2.32. The minimum Gasteiger partial charge on any atom is -0.481 e. The van der Waals surface area contributed by atoms with Crippen molar-refractivity contribution in [2.75, 3.05) is 6.54 Å². The number of benzene rings is 2. The molecular weight excluding hydrogens is 309 g/mol. The van der Waals surface area contributed by atoms with Gasteiger partial charge in [0.05, 0.1) is 5.92 Å². The Labute approximate surface area is 140 Å². The number of carboxylic acid groups (broad SMARTS) is 1. The third-order valence-corrected chi connectivity index (χ3v) is 3.93. The topological polar surface area (TPSA) is 66.4 Å². The normalized spacial score (nSPS) is 13.1. The maximum absolute atomic E-state index is 12.9. The van der Waals surface area contributed by atoms with Gasteiger partial charge in [0, 0.05) is 13.0 Å². The molecule has 0 fully saturated rings. The molecule has 0 saturated heterocycles. The Morgan fingerprint density at radius 1 is 1.04 bits per heavy atom. The smallest absolute Gasteiger partial charge is 0.312 e. The first-order chi connectivity index (χ1) is 11.5. The van der Waals surface area contributed by atoms with Crippen molar-refractivity contribution in [3.05, 3.63) is 71.5 Å². The van der Waals surface area contributed by atoms with E-state index < -0.39 is 11.9 Å². The Morgan fingerprint density at radius 3 is 2.25 bits per heavy atom. The number of nitrogens with one attached hydrogen (secondary N) is 1. The van der Waals surface area contributed by atoms with E-state index in [2.05, 4.69) is 5.32 Å². The van der Waals surface area contributed by atoms with Crippen LogP contribution in [-0.2, 0) is 9.59 Å². The summed E-state index contributed by atoms with van der Waals surface area (Å²) in [5, 5.41) is 12.0. The lowest BCUT2D eigenvalue weighted by atomic mass is 9.96. The van der Waals surface area contributed by atoms with Crippen LogP contribution in [0.15, 0.2) is 54.6 Å². The van der Waals surface area contributed by atoms with E-state index >= 15 is 0 Å². The standard InChI is InChI=1S/C19H20FNO3/c1-13(14-7-9-16(20)10-8-14)11-18(22)21-12-17(19(23)24)15-5-3-2-4-6-15/h2-10,13,17H,11-12H2,1H3,(H,21,22)(H,23,24). The molecule has 24 heavy (non-hydrogen) atoms. The molecule has 2 rings (SSSR count). The largest absolute Gasteiger partial charge is 0.481 e. The minimum absolute atomic E-state index is 0.0360. The summed E-state index contributed by atoms with van der Waals surface area (Å²) in [7, 11) is 0. The van der Waals surface area contributed by atoms with Gasteiger partial charge in [0.2, 0.25) is 5.91 Å². The first kappa shape index (κ1) is 17.7. The molecule has 0 saturated carbocycles. The van der Waals surface area contributed by atoms with Crippen LogP contribution in [0, 0.1) is 5.82 Å². The van der Waals surface area contributed by atoms with E-state index in [1.807, 2.05) is 13.0 Å². The van der Waals surface area contributed by atoms with Crippen LogP contribution in [0.1, 0.15) is 36.3 Å². The van der Waals surface area contributed by atoms with Crippen molar-refractivity contribution in [2.24, 2.45) is 0 Å². The van der Waals surface area contributed by atoms with Crippen LogP contribution in [0.3, 0.4) is 0 Å². The fourth-order valence-electron chi connectivity index (χ4n) is 2.51. The minimum atomic E-state index is -0.979. The van der Waals surface area contributed by atoms with Crippen LogP contribution in [-0.4, -0.2) is 23.5 Å². The van der Waals surface area contributed by atoms with E-state index in [9.17, 15) is 19.1 Å². The average Bonchev–Trinajstić information content (AvgIpc) is 2.56. The first-order valence-corrected chi connectivity index (χ1v) is 7.77. The van der Waals surface area contributed by atoms with Crippen LogP contribution < -0.4 is 5.32 Å². The van der Waals surface area contributed by atoms with Crippen LogP contribution in [0.25, 0.3) is 0 Å². The van der Waals surface area contributed by atoms with E-state index in [1.165, 1.54) is 12.1 Å². The Balaban J connectivity index is 1.91. The molecule has 126 valence electrons. The molecule has 0 radical (unpaired) electrons. The quantitative estimate of drug-likeness (QED) is 0.819. The predicted molar refractivity (Wildman–Crippen MR) is 89.3 cm³/mol. The summed E-state index contributed by atoms with van der Waals surface area (Å²) in [6.45, 7) is 1.91. The maximum atomic E-state index is 12.9. The molecule has 2 aromatic carbocycles. The number of halogens is 1. The molecular formula is C19H20FNO3. The second-order valence-corrected chi connectivity index (χ2v) is 5.76. The second kappa shape index (κ2) is 8.24. The fraction of sp³-hybridized carbons (Fsp3) is 0.263. The van der Waals surface area contributed by atoms with Gasteiger partial charge in [-0.2, -0.15) is 0 Å². The second-order valence-electron chi connectivity index (χ2n) is 5.76. The van der Waals surface area contributed by atoms with Gasteiger partial charge in [0.25, 0.3) is 0 Å². The Bertz CT molecular complexity index is 686. The number of amides is 1. The maximum Gasteiger partial charge on any atom is 0.312 e. The van der Waals surface area contributed by atoms with Crippen LogP contribution in [0.4, 0.5) is 4.39 Å². The summed E-state index contributed by atoms with van der Waals surface area (Å²) in [6, 6.07) is 14.8. The molecule has 0 spiro atoms. The zero-order valence-corrected chi connectivity index (χ0v) is 13.4. The highest BCUT2D eigenvalue weighted by molar-refractivity contribution is 5.80. The lowest BCUT2D eigenvalue weighted by Gasteiger charge is -2.16. The predicted octanol–water partition coefficient (Wildman–Crippen LogP) is 3.30. The highest BCUT2D eigenvalue weighted by Gasteiger charge is 2.21. The van der Waals surface area contributed by atoms with E-state index in [0.29, 0.717) is 5.56 Å². The van der Waals surface area contributed by atoms with Gasteiger partial charge in [-0.3, -0.25) is 9.59 Å². The van der Waals surface area contributed by atoms with Gasteiger partial charge in [-0.1, -0.05) is 49.4 Å². The zero-order valence-electron chi connectivity index (χ0n) is 13.4. The molecule has 2 aromatic rings. The van der Waals surface area contributed by atoms with Crippen LogP contribution in [0.5, 0.6) is 0 Å². The molecule has 2 N–H and O–H groups in total. The number of rotatable bonds is 7. The molecule has 2 unspecified atom stereocenters. The third-order valence-electron chi connectivity index (χ3n) is 3.93. The monoisotopic (exact) mass is 329 g/mol. The number of carbonyl (C=O) groups excluding carboxylic acids is 1. The molecule has 0 aliphatic carbocycles. The molecule has 0 heterocycles. The highest BCUT2D eigenvalue weighted by Crippen LogP contribution is 2.20. The van der Waals surface area contributed by atoms with Crippen molar-refractivity contribution in [3.8, 4) is 0 Å². The SMILES string of the molecule is CC(CC(=O)NCC(C(=O)O)c1ccccc1)c1ccc(F)cc1. The molecule has 4 nitrogen and oxygen atoms in total. The Hall–Kier alpha value is -2.69. The summed E-state index contributed by atoms with van der Waals surface area (Å²) in [6.07, 6.45) is 0.215. The van der Waals surface area contributed by atoms with Gasteiger partial charge in [-0.05, 0) is 29.2 Å². The number of carboxylic acids is 1. The van der Waals surface area contributed by atoms with Crippen LogP contribution >= 0.6 is 0 Å². The summed E-state index contributed by atoms with van der Waals surface area (Å²) < 4.78 is 12.9. The van der Waals surface area contributed by atoms with E-state index in [0.717, 1.165) is 5.56 Å². The average molecular weight is 329 g/mol. The van der Waals surface area contributed by atoms with Gasteiger partial charge in [-0.15, -0.1) is 0 Å². The molecule has 2 atom stereocenters. The fourth-order valence-corrected chi connectivity index (χ4v) is 2.51. The zero-order chi connectivity index (χ0) is 17.5. The van der Waals surface area contributed by atoms with E-state index in [-0.39, 0.29) is 30.6 Å². The van der Waals surface area contributed by atoms with Gasteiger partial charge in [-0.25, -0.2) is 4.39 Å². The van der Waals surface area contributed by atoms with Crippen molar-refractivity contribution in [1.29, 1.82) is 0 Å². The Kier molecular flexibility index (Phi) is 6.07. The molecule has 1 amide bonds. The third kappa shape index (κ3) is 4.91. The van der Waals surface area contributed by atoms with Gasteiger partial charge >= 0.3 is 5.97 Å². The summed E-state index contributed by atoms with van der Waals surface area (Å²) >= 11 is 0. The molecule has 0 bridgehead atoms. The van der Waals surface area contributed by atoms with Crippen molar-refractivity contribution in [2.45, 2.75) is 25.2 Å². The van der Waals surface area contributed by atoms with Crippen molar-refractivity contribution >= 4 is 11.9 Å². The van der Waals surface area contributed by atoms with Crippen molar-refractivity contribution in [1.82, 2.24) is 5.32 Å². The number of hydrogen-bond donors (Lipinski definition) is 2. The van der Waals surface area contributed by atoms with E-state index in [4.69, 9.17) is 0 Å². The number of carbonyl (C=O) groups is 2. The molecule has 5 heteroatoms. The summed E-state index contributed by atoms with van der Waals surface area (Å²) in [4.78, 5) is 23.5. The molecule has 0 aliphatic rings. The van der Waals surface area contributed by atoms with Gasteiger partial charge in [0.1, 0.15) is 5.82 Å². The van der Waals surface area contributed by atoms with Gasteiger partial charge < -0.3 is 10.4 Å². The summed E-state index contributed by atoms with van der Waals surface area (Å²) in [5.74, 6) is -2.38. The van der Waals surface area contributed by atoms with E-state index in [1.54, 1.807) is 36.4 Å².